The number of esters is 2. The van der Waals surface area contributed by atoms with Gasteiger partial charge in [0.15, 0.2) is 12.2 Å². The lowest BCUT2D eigenvalue weighted by molar-refractivity contribution is -0.145. The largest absolute Gasteiger partial charge is 0.463 e. The van der Waals surface area contributed by atoms with Crippen LogP contribution in [0.2, 0.25) is 0 Å². The molecule has 0 bridgehead atoms. The number of carbonyl (C=O) groups excluding carboxylic acids is 9. The summed E-state index contributed by atoms with van der Waals surface area (Å²) in [6, 6.07) is 0. The molecule has 2 rings (SSSR count). The maximum Gasteiger partial charge on any atom is 0.406 e. The lowest BCUT2D eigenvalue weighted by Gasteiger charge is -2.27. The molecule has 6 atom stereocenters. The number of ether oxygens (including phenoxy) is 5. The van der Waals surface area contributed by atoms with E-state index in [2.05, 4.69) is 67.2 Å². The molecule has 6 amide bonds. The van der Waals surface area contributed by atoms with E-state index in [1.807, 2.05) is 0 Å². The number of amides is 6. The van der Waals surface area contributed by atoms with Gasteiger partial charge >= 0.3 is 29.6 Å². The Labute approximate surface area is 569 Å². The number of halogens is 2. The third-order valence-corrected chi connectivity index (χ3v) is 13.0. The molecule has 34 nitrogen and oxygen atoms in total. The number of aliphatic hydroxyl groups excluding tert-OH is 10. The topological polar surface area (TPSA) is 578 Å². The van der Waals surface area contributed by atoms with Gasteiger partial charge in [0.1, 0.15) is 24.4 Å². The van der Waals surface area contributed by atoms with Crippen LogP contribution in [0.3, 0.4) is 0 Å². The molecule has 2 saturated heterocycles. The Morgan fingerprint density at radius 2 is 0.667 bits per heavy atom. The smallest absolute Gasteiger partial charge is 0.406 e. The zero-order chi connectivity index (χ0) is 73.3. The van der Waals surface area contributed by atoms with Gasteiger partial charge < -0.3 is 130 Å². The molecule has 2 fully saturated rings. The minimum atomic E-state index is -1.32. The van der Waals surface area contributed by atoms with Crippen LogP contribution in [0.25, 0.3) is 0 Å². The van der Waals surface area contributed by atoms with E-state index in [9.17, 15) is 63.6 Å². The number of carbonyl (C=O) groups is 9. The van der Waals surface area contributed by atoms with Crippen molar-refractivity contribution < 1.29 is 118 Å². The van der Waals surface area contributed by atoms with Crippen molar-refractivity contribution in [2.24, 2.45) is 55.4 Å². The van der Waals surface area contributed by atoms with Crippen molar-refractivity contribution in [1.29, 1.82) is 0 Å². The summed E-state index contributed by atoms with van der Waals surface area (Å²) < 4.78 is 21.7. The highest BCUT2D eigenvalue weighted by Crippen LogP contribution is 2.29. The fourth-order valence-electron chi connectivity index (χ4n) is 5.49. The van der Waals surface area contributed by atoms with Crippen LogP contribution >= 0.6 is 35.6 Å². The highest BCUT2D eigenvalue weighted by molar-refractivity contribution is 14.0. The zero-order valence-electron chi connectivity index (χ0n) is 57.1. The number of nitrogens with one attached hydrogen (secondary N) is 6. The number of rotatable bonds is 28. The lowest BCUT2D eigenvalue weighted by Crippen LogP contribution is -2.47. The lowest BCUT2D eigenvalue weighted by atomic mass is 9.87. The van der Waals surface area contributed by atoms with Crippen LogP contribution in [0.4, 0.5) is 14.4 Å². The first kappa shape index (κ1) is 102. The summed E-state index contributed by atoms with van der Waals surface area (Å²) in [7, 11) is 3.82. The monoisotopic (exact) mass is 1490 g/mol. The molecule has 24 N–H and O–H groups in total. The van der Waals surface area contributed by atoms with Crippen LogP contribution in [0.5, 0.6) is 0 Å². The molecule has 0 spiro atoms. The molecule has 0 aromatic rings. The second kappa shape index (κ2) is 55.4. The van der Waals surface area contributed by atoms with Crippen LogP contribution in [-0.2, 0) is 52.5 Å². The highest BCUT2D eigenvalue weighted by atomic mass is 127. The zero-order valence-corrected chi connectivity index (χ0v) is 60.2. The standard InChI is InChI=1S/C15H30N2O6.C11H22N2O5.C9H20N2O3.2C6H10O3.C5H12N2O2.C3H10N2.C2H3ClO2.HI/c1-14(2,8-18)10(20)12(22)16-6-5-7-17-13(23)11(21)15(3,4)9-19;1-11(2,7-14)8(15)9(16)12-5-4-6-13-10(17)18-3;1-9(2,6-12)7(13)8(14)11-5-3-4-10;2*1-6(2)3-9-5(8)4(6)7;1-9-5(8)7-4-2-3-6;4-2-1-3-5;1-5-2(3)4;/h10-11,18-21H,5-9H2,1-4H3,(H,16,22)(H,17,23);8,14-15H,4-7H2,1-3H3,(H,12,16)(H,13,17);7,12-13H,3-6,10H2,1-2H3,(H,11,14);2*4,7H,3H2,1-2H3;2-4,6H2,1H3,(H,7,8);1-5H2;1H3;1H/t10-,11-;8-;7-;2*4-;;;;/m00010..../s1. The van der Waals surface area contributed by atoms with Crippen molar-refractivity contribution in [3.05, 3.63) is 0 Å². The van der Waals surface area contributed by atoms with E-state index in [0.29, 0.717) is 71.7 Å². The summed E-state index contributed by atoms with van der Waals surface area (Å²) in [6.07, 6.45) is -4.55. The minimum Gasteiger partial charge on any atom is -0.463 e. The summed E-state index contributed by atoms with van der Waals surface area (Å²) in [5, 5.41) is 108. The second-order valence-corrected chi connectivity index (χ2v) is 24.9. The molecule has 36 heteroatoms. The van der Waals surface area contributed by atoms with Gasteiger partial charge in [-0.1, -0.05) is 83.1 Å². The van der Waals surface area contributed by atoms with Crippen molar-refractivity contribution >= 4 is 88.8 Å². The van der Waals surface area contributed by atoms with Gasteiger partial charge in [-0.3, -0.25) is 19.2 Å². The fraction of sp³-hybridized carbons (Fsp3) is 0.842. The quantitative estimate of drug-likeness (QED) is 0.0121. The third kappa shape index (κ3) is 49.5. The molecule has 2 heterocycles. The number of aliphatic hydroxyl groups is 10. The van der Waals surface area contributed by atoms with Gasteiger partial charge in [0.25, 0.3) is 0 Å². The van der Waals surface area contributed by atoms with Crippen molar-refractivity contribution in [2.45, 2.75) is 152 Å². The first-order valence-corrected chi connectivity index (χ1v) is 29.9. The maximum absolute atomic E-state index is 11.7. The van der Waals surface area contributed by atoms with Crippen LogP contribution in [-0.4, -0.2) is 267 Å². The highest BCUT2D eigenvalue weighted by Gasteiger charge is 2.43. The first-order valence-electron chi connectivity index (χ1n) is 29.5. The number of methoxy groups -OCH3 is 3. The number of hydrogen-bond donors (Lipinski definition) is 20. The van der Waals surface area contributed by atoms with Gasteiger partial charge in [-0.05, 0) is 58.3 Å². The molecular weight excluding hydrogens is 1370 g/mol. The van der Waals surface area contributed by atoms with Gasteiger partial charge in [-0.2, -0.15) is 0 Å². The molecule has 0 aromatic heterocycles. The Morgan fingerprint density at radius 1 is 0.462 bits per heavy atom. The Kier molecular flexibility index (Phi) is 60.7. The molecule has 0 unspecified atom stereocenters. The Bertz CT molecular complexity index is 2000. The Morgan fingerprint density at radius 3 is 0.806 bits per heavy atom. The van der Waals surface area contributed by atoms with E-state index in [1.165, 1.54) is 21.3 Å². The van der Waals surface area contributed by atoms with Crippen LogP contribution in [0.1, 0.15) is 115 Å². The fourth-order valence-corrected chi connectivity index (χ4v) is 5.49. The average Bonchev–Trinajstić information content (AvgIpc) is 1.80. The average molecular weight is 1490 g/mol. The summed E-state index contributed by atoms with van der Waals surface area (Å²) in [5.41, 5.74) is 15.4. The van der Waals surface area contributed by atoms with Gasteiger partial charge in [0.2, 0.25) is 23.6 Å². The Balaban J connectivity index is -0.000000190. The second-order valence-electron chi connectivity index (χ2n) is 24.6. The Hall–Kier alpha value is -4.71. The first-order chi connectivity index (χ1) is 42.4. The van der Waals surface area contributed by atoms with Crippen molar-refractivity contribution in [2.75, 3.05) is 126 Å². The summed E-state index contributed by atoms with van der Waals surface area (Å²) in [6.45, 7) is 24.1. The molecule has 0 saturated carbocycles. The predicted octanol–water partition coefficient (Wildman–Crippen LogP) is -3.12. The summed E-state index contributed by atoms with van der Waals surface area (Å²) in [5.74, 6) is -3.17. The molecule has 93 heavy (non-hydrogen) atoms. The van der Waals surface area contributed by atoms with Crippen LogP contribution in [0, 0.1) is 32.5 Å². The van der Waals surface area contributed by atoms with E-state index >= 15 is 0 Å². The van der Waals surface area contributed by atoms with E-state index in [-0.39, 0.29) is 63.5 Å². The van der Waals surface area contributed by atoms with Crippen molar-refractivity contribution in [1.82, 2.24) is 31.9 Å². The minimum absolute atomic E-state index is 0. The normalized spacial score (nSPS) is 16.2. The number of hydrogen-bond acceptors (Lipinski definition) is 28. The maximum atomic E-state index is 11.7. The molecule has 2 aliphatic heterocycles. The molecule has 0 radical (unpaired) electrons. The SMILES string of the molecule is CC(C)(CO)[C@@H](O)C(=O)NCCCN.CC(C)(CO)[C@@H](O)C(=O)NCCCNC(=O)[C@H](O)C(C)(C)CO.CC1(C)COC(=O)[C@@H]1O.CC1(C)COC(=O)[C@H]1O.COC(=O)Cl.COC(=O)NCCCN.COC(=O)NCCCNC(=O)[C@H](O)C(C)(C)CO.I.NCCCN. The van der Waals surface area contributed by atoms with Gasteiger partial charge in [-0.15, -0.1) is 24.0 Å². The van der Waals surface area contributed by atoms with Gasteiger partial charge in [-0.25, -0.2) is 24.0 Å². The number of nitrogens with two attached hydrogens (primary N) is 4. The van der Waals surface area contributed by atoms with E-state index in [1.54, 1.807) is 83.1 Å². The number of cyclic esters (lactones) is 2. The summed E-state index contributed by atoms with van der Waals surface area (Å²) >= 11 is 4.60. The van der Waals surface area contributed by atoms with Crippen molar-refractivity contribution in [3.63, 3.8) is 0 Å². The molecule has 0 aliphatic carbocycles. The van der Waals surface area contributed by atoms with Gasteiger partial charge in [0, 0.05) is 83.4 Å². The third-order valence-electron chi connectivity index (χ3n) is 12.8. The van der Waals surface area contributed by atoms with Crippen LogP contribution < -0.4 is 54.8 Å². The van der Waals surface area contributed by atoms with E-state index < -0.39 is 122 Å². The molecule has 0 aromatic carbocycles. The number of alkyl carbamates (subject to hydrolysis) is 2. The van der Waals surface area contributed by atoms with Crippen LogP contribution in [0.15, 0.2) is 0 Å². The van der Waals surface area contributed by atoms with E-state index in [4.69, 9.17) is 53.6 Å². The van der Waals surface area contributed by atoms with E-state index in [0.717, 1.165) is 25.9 Å². The van der Waals surface area contributed by atoms with Crippen molar-refractivity contribution in [3.8, 4) is 0 Å². The molecule has 554 valence electrons. The predicted molar refractivity (Wildman–Crippen MR) is 355 cm³/mol. The van der Waals surface area contributed by atoms with Gasteiger partial charge in [0.05, 0.1) is 61.0 Å². The summed E-state index contributed by atoms with van der Waals surface area (Å²) in [4.78, 5) is 97.6. The molecular formula is C57H118ClIN10O24. The molecule has 2 aliphatic rings.